The van der Waals surface area contributed by atoms with E-state index in [0.29, 0.717) is 5.69 Å². The minimum atomic E-state index is -3.08. The molecule has 0 radical (unpaired) electrons. The molecule has 5 atom stereocenters. The van der Waals surface area contributed by atoms with Crippen LogP contribution < -0.4 is 16.0 Å². The summed E-state index contributed by atoms with van der Waals surface area (Å²) in [6.45, 7) is 1.92. The van der Waals surface area contributed by atoms with Gasteiger partial charge in [0, 0.05) is 23.3 Å². The SMILES string of the molecule is CNC(=O)C[C@]12CC(=O)O[B-]([C@H](CC(C)C)NC(=O)[C@@H](NC(=O)c3cccc(-c4ccccc4)n3)[C@@H](C)O)(O1)[OH+]C2=O. The van der Waals surface area contributed by atoms with E-state index in [-0.39, 0.29) is 18.0 Å². The number of carbonyl (C=O) groups is 5. The van der Waals surface area contributed by atoms with Gasteiger partial charge in [-0.2, -0.15) is 0 Å². The predicted molar refractivity (Wildman–Crippen MR) is 150 cm³/mol. The lowest BCUT2D eigenvalue weighted by Crippen LogP contribution is -2.68. The zero-order chi connectivity index (χ0) is 30.7. The Hall–Kier alpha value is -4.30. The second kappa shape index (κ2) is 12.3. The average molecular weight is 582 g/mol. The van der Waals surface area contributed by atoms with E-state index in [4.69, 9.17) is 9.31 Å². The Bertz CT molecular complexity index is 1370. The van der Waals surface area contributed by atoms with Crippen molar-refractivity contribution in [2.75, 3.05) is 7.05 Å². The van der Waals surface area contributed by atoms with Crippen molar-refractivity contribution >= 4 is 36.4 Å². The van der Waals surface area contributed by atoms with Gasteiger partial charge < -0.3 is 35.0 Å². The minimum Gasteiger partial charge on any atom is -0.715 e. The van der Waals surface area contributed by atoms with Crippen molar-refractivity contribution in [2.24, 2.45) is 5.92 Å². The number of aliphatic hydroxyl groups is 1. The Labute approximate surface area is 242 Å². The molecule has 2 bridgehead atoms. The number of pyridine rings is 1. The molecule has 14 heteroatoms. The number of rotatable bonds is 11. The highest BCUT2D eigenvalue weighted by molar-refractivity contribution is 6.67. The lowest BCUT2D eigenvalue weighted by molar-refractivity contribution is -0.158. The number of carbonyl (C=O) groups excluding carboxylic acids is 4. The molecule has 2 saturated heterocycles. The fourth-order valence-electron chi connectivity index (χ4n) is 5.16. The molecule has 42 heavy (non-hydrogen) atoms. The number of aliphatic hydroxyl groups excluding tert-OH is 1. The van der Waals surface area contributed by atoms with E-state index >= 15 is 0 Å². The molecule has 2 aromatic rings. The van der Waals surface area contributed by atoms with E-state index in [2.05, 4.69) is 25.6 Å². The summed E-state index contributed by atoms with van der Waals surface area (Å²) >= 11 is 0. The summed E-state index contributed by atoms with van der Waals surface area (Å²) in [4.78, 5) is 68.9. The quantitative estimate of drug-likeness (QED) is 0.211. The Morgan fingerprint density at radius 2 is 1.79 bits per heavy atom. The highest BCUT2D eigenvalue weighted by atomic mass is 16.8. The molecule has 3 amide bonds. The van der Waals surface area contributed by atoms with E-state index in [9.17, 15) is 29.1 Å². The number of amides is 3. The van der Waals surface area contributed by atoms with Crippen LogP contribution in [0.25, 0.3) is 11.3 Å². The zero-order valence-corrected chi connectivity index (χ0v) is 23.8. The monoisotopic (exact) mass is 582 g/mol. The van der Waals surface area contributed by atoms with E-state index in [1.807, 2.05) is 44.2 Å². The van der Waals surface area contributed by atoms with Crippen LogP contribution in [-0.2, 0) is 28.5 Å². The van der Waals surface area contributed by atoms with Crippen LogP contribution >= 0.6 is 0 Å². The summed E-state index contributed by atoms with van der Waals surface area (Å²) in [6, 6.07) is 12.6. The maximum atomic E-state index is 13.5. The maximum absolute atomic E-state index is 13.5. The third kappa shape index (κ3) is 6.44. The Morgan fingerprint density at radius 3 is 2.43 bits per heavy atom. The molecule has 224 valence electrons. The fraction of sp³-hybridized carbons (Fsp3) is 0.429. The van der Waals surface area contributed by atoms with Gasteiger partial charge in [0.2, 0.25) is 17.4 Å². The first-order chi connectivity index (χ1) is 19.9. The predicted octanol–water partition coefficient (Wildman–Crippen LogP) is 0.143. The van der Waals surface area contributed by atoms with Crippen molar-refractivity contribution in [2.45, 2.75) is 63.7 Å². The molecule has 2 fully saturated rings. The molecule has 2 aliphatic heterocycles. The summed E-state index contributed by atoms with van der Waals surface area (Å²) < 4.78 is 15.6. The average Bonchev–Trinajstić information content (AvgIpc) is 3.15. The van der Waals surface area contributed by atoms with E-state index in [0.717, 1.165) is 5.56 Å². The first-order valence-electron chi connectivity index (χ1n) is 13.7. The van der Waals surface area contributed by atoms with E-state index in [1.165, 1.54) is 20.0 Å². The van der Waals surface area contributed by atoms with Gasteiger partial charge in [0.1, 0.15) is 11.7 Å². The number of hydrogen-bond acceptors (Lipinski definition) is 9. The van der Waals surface area contributed by atoms with Gasteiger partial charge in [0.15, 0.2) is 0 Å². The van der Waals surface area contributed by atoms with Crippen molar-refractivity contribution in [3.05, 3.63) is 54.2 Å². The molecule has 5 N–H and O–H groups in total. The highest BCUT2D eigenvalue weighted by Crippen LogP contribution is 2.41. The number of aliphatic carboxylic acids is 1. The molecule has 13 nitrogen and oxygen atoms in total. The number of benzene rings is 1. The van der Waals surface area contributed by atoms with Crippen molar-refractivity contribution in [1.82, 2.24) is 20.9 Å². The van der Waals surface area contributed by atoms with Gasteiger partial charge in [-0.05, 0) is 25.0 Å². The minimum absolute atomic E-state index is 0.0243. The molecular weight excluding hydrogens is 547 g/mol. The van der Waals surface area contributed by atoms with Crippen LogP contribution in [0.2, 0.25) is 0 Å². The van der Waals surface area contributed by atoms with Gasteiger partial charge in [0.25, 0.3) is 11.9 Å². The second-order valence-electron chi connectivity index (χ2n) is 11.0. The number of nitrogens with zero attached hydrogens (tertiary/aromatic N) is 1. The Kier molecular flexibility index (Phi) is 8.97. The number of fused-ring (bicyclic) bond motifs is 2. The normalized spacial score (nSPS) is 23.3. The summed E-state index contributed by atoms with van der Waals surface area (Å²) in [5, 5.41) is 18.1. The van der Waals surface area contributed by atoms with Crippen LogP contribution in [0, 0.1) is 5.92 Å². The Balaban J connectivity index is 1.56. The van der Waals surface area contributed by atoms with Crippen molar-refractivity contribution in [3.63, 3.8) is 0 Å². The molecule has 3 heterocycles. The van der Waals surface area contributed by atoms with Gasteiger partial charge in [-0.15, -0.1) is 0 Å². The molecule has 1 aromatic carbocycles. The summed E-state index contributed by atoms with van der Waals surface area (Å²) in [7, 11) is 1.38. The largest absolute Gasteiger partial charge is 0.715 e. The van der Waals surface area contributed by atoms with Crippen molar-refractivity contribution in [3.8, 4) is 11.3 Å². The van der Waals surface area contributed by atoms with Crippen LogP contribution in [0.5, 0.6) is 0 Å². The zero-order valence-electron chi connectivity index (χ0n) is 23.8. The summed E-state index contributed by atoms with van der Waals surface area (Å²) in [5.41, 5.74) is -0.484. The van der Waals surface area contributed by atoms with Crippen LogP contribution in [0.15, 0.2) is 48.5 Å². The van der Waals surface area contributed by atoms with Gasteiger partial charge in [-0.25, -0.2) is 4.98 Å². The first-order valence-corrected chi connectivity index (χ1v) is 13.7. The number of nitrogens with one attached hydrogen (secondary N) is 3. The molecule has 2 aliphatic rings. The van der Waals surface area contributed by atoms with Gasteiger partial charge in [0.05, 0.1) is 24.6 Å². The molecule has 4 rings (SSSR count). The van der Waals surface area contributed by atoms with Gasteiger partial charge >= 0.3 is 12.7 Å². The van der Waals surface area contributed by atoms with Crippen LogP contribution in [0.1, 0.15) is 50.5 Å². The topological polar surface area (TPSA) is 186 Å². The molecule has 1 aromatic heterocycles. The third-order valence-electron chi connectivity index (χ3n) is 7.20. The van der Waals surface area contributed by atoms with Gasteiger partial charge in [-0.1, -0.05) is 56.7 Å². The number of aromatic nitrogens is 1. The van der Waals surface area contributed by atoms with Crippen molar-refractivity contribution in [1.29, 1.82) is 0 Å². The highest BCUT2D eigenvalue weighted by Gasteiger charge is 2.70. The number of hydrogen-bond donors (Lipinski definition) is 4. The molecule has 0 saturated carbocycles. The third-order valence-corrected chi connectivity index (χ3v) is 7.20. The summed E-state index contributed by atoms with van der Waals surface area (Å²) in [6.07, 6.45) is -2.14. The molecule has 1 unspecified atom stereocenters. The maximum Gasteiger partial charge on any atom is 0.594 e. The first kappa shape index (κ1) is 30.7. The van der Waals surface area contributed by atoms with E-state index in [1.54, 1.807) is 12.1 Å². The molecular formula is C28H35BN4O9. The van der Waals surface area contributed by atoms with Crippen LogP contribution in [-0.4, -0.2) is 81.9 Å². The standard InChI is InChI=1S/C28H35BN4O9/c1-16(2)13-21(29-40-23(36)15-28(42-29,27(39)41-29)14-22(35)30-4)32-26(38)24(17(3)34)33-25(37)20-12-8-11-19(31-20)18-9-6-5-7-10-18/h5-12,16-17,21,24,34,41H,13-15H2,1-4H3,(H,30,35)(H,32,38)(H,33,37)/t17-,21+,24+,28-,29?/m1/s1. The molecule has 0 aliphatic carbocycles. The fourth-order valence-corrected chi connectivity index (χ4v) is 5.16. The van der Waals surface area contributed by atoms with Crippen LogP contribution in [0.4, 0.5) is 0 Å². The van der Waals surface area contributed by atoms with Gasteiger partial charge in [-0.3, -0.25) is 19.2 Å². The summed E-state index contributed by atoms with van der Waals surface area (Å²) in [5.74, 6) is -4.92. The lowest BCUT2D eigenvalue weighted by Gasteiger charge is -2.43. The Morgan fingerprint density at radius 1 is 1.07 bits per heavy atom. The second-order valence-corrected chi connectivity index (χ2v) is 11.0. The van der Waals surface area contributed by atoms with E-state index < -0.39 is 72.9 Å². The lowest BCUT2D eigenvalue weighted by atomic mass is 9.64. The molecule has 0 spiro atoms. The van der Waals surface area contributed by atoms with Crippen LogP contribution in [0.3, 0.4) is 0 Å². The number of carboxylic acids is 1. The smallest absolute Gasteiger partial charge is 0.594 e. The van der Waals surface area contributed by atoms with Crippen molar-refractivity contribution < 1.29 is 43.0 Å².